The quantitative estimate of drug-likeness (QED) is 0.704. The monoisotopic (exact) mass is 348 g/mol. The Kier molecular flexibility index (Phi) is 5.91. The number of fused-ring (bicyclic) bond motifs is 1. The summed E-state index contributed by atoms with van der Waals surface area (Å²) >= 11 is 0. The summed E-state index contributed by atoms with van der Waals surface area (Å²) in [4.78, 5) is 13.2. The predicted octanol–water partition coefficient (Wildman–Crippen LogP) is 1.99. The number of aromatic nitrogens is 4. The molecule has 1 aliphatic heterocycles. The highest BCUT2D eigenvalue weighted by atomic mass is 16.5. The van der Waals surface area contributed by atoms with Gasteiger partial charge in [-0.2, -0.15) is 15.0 Å². The van der Waals surface area contributed by atoms with Gasteiger partial charge in [-0.1, -0.05) is 13.3 Å². The second kappa shape index (κ2) is 8.33. The smallest absolute Gasteiger partial charge is 0.320 e. The molecule has 0 aromatic carbocycles. The molecule has 0 amide bonds. The van der Waals surface area contributed by atoms with Crippen LogP contribution in [0, 0.1) is 5.92 Å². The van der Waals surface area contributed by atoms with E-state index in [0.717, 1.165) is 38.9 Å². The van der Waals surface area contributed by atoms with Crippen LogP contribution in [0.15, 0.2) is 0 Å². The SMILES string of the molecule is CCCCOc1nc(N)c2nc(OC)n(CCC3CCCNC3)c2n1. The molecular formula is C17H28N6O2. The molecule has 3 rings (SSSR count). The fourth-order valence-corrected chi connectivity index (χ4v) is 3.19. The standard InChI is InChI=1S/C17H28N6O2/c1-3-4-10-25-16-21-14(18)13-15(22-16)23(17(20-13)24-2)9-7-12-6-5-8-19-11-12/h12,19H,3-11H2,1-2H3,(H2,18,21,22). The maximum atomic E-state index is 6.06. The molecule has 25 heavy (non-hydrogen) atoms. The van der Waals surface area contributed by atoms with Gasteiger partial charge in [-0.15, -0.1) is 0 Å². The lowest BCUT2D eigenvalue weighted by molar-refractivity contribution is 0.286. The summed E-state index contributed by atoms with van der Waals surface area (Å²) in [6.07, 6.45) is 5.55. The van der Waals surface area contributed by atoms with E-state index in [4.69, 9.17) is 15.2 Å². The number of ether oxygens (including phenoxy) is 2. The van der Waals surface area contributed by atoms with Crippen LogP contribution in [-0.4, -0.2) is 46.3 Å². The van der Waals surface area contributed by atoms with Gasteiger partial charge in [-0.3, -0.25) is 4.57 Å². The number of hydrogen-bond donors (Lipinski definition) is 2. The Balaban J connectivity index is 1.83. The van der Waals surface area contributed by atoms with E-state index in [1.807, 2.05) is 4.57 Å². The molecule has 2 aromatic rings. The second-order valence-corrected chi connectivity index (χ2v) is 6.52. The Labute approximate surface area is 148 Å². The van der Waals surface area contributed by atoms with Crippen molar-refractivity contribution in [2.45, 2.75) is 45.6 Å². The van der Waals surface area contributed by atoms with Crippen molar-refractivity contribution in [3.8, 4) is 12.0 Å². The molecule has 3 N–H and O–H groups in total. The summed E-state index contributed by atoms with van der Waals surface area (Å²) in [5.74, 6) is 0.989. The minimum atomic E-state index is 0.307. The van der Waals surface area contributed by atoms with Crippen molar-refractivity contribution in [3.63, 3.8) is 0 Å². The molecule has 3 heterocycles. The van der Waals surface area contributed by atoms with Gasteiger partial charge >= 0.3 is 6.01 Å². The number of nitrogens with one attached hydrogen (secondary N) is 1. The van der Waals surface area contributed by atoms with E-state index in [-0.39, 0.29) is 0 Å². The minimum Gasteiger partial charge on any atom is -0.468 e. The molecule has 8 nitrogen and oxygen atoms in total. The van der Waals surface area contributed by atoms with Crippen LogP contribution < -0.4 is 20.5 Å². The predicted molar refractivity (Wildman–Crippen MR) is 96.9 cm³/mol. The van der Waals surface area contributed by atoms with Gasteiger partial charge in [-0.05, 0) is 44.7 Å². The molecule has 1 aliphatic rings. The van der Waals surface area contributed by atoms with E-state index in [9.17, 15) is 0 Å². The number of nitrogens with zero attached hydrogens (tertiary/aromatic N) is 4. The van der Waals surface area contributed by atoms with Gasteiger partial charge in [-0.25, -0.2) is 0 Å². The number of imidazole rings is 1. The van der Waals surface area contributed by atoms with Gasteiger partial charge in [0.05, 0.1) is 13.7 Å². The third-order valence-electron chi connectivity index (χ3n) is 4.64. The van der Waals surface area contributed by atoms with Crippen LogP contribution in [0.3, 0.4) is 0 Å². The van der Waals surface area contributed by atoms with E-state index >= 15 is 0 Å². The van der Waals surface area contributed by atoms with Crippen LogP contribution in [0.1, 0.15) is 39.0 Å². The highest BCUT2D eigenvalue weighted by molar-refractivity contribution is 5.83. The van der Waals surface area contributed by atoms with Crippen molar-refractivity contribution in [1.29, 1.82) is 0 Å². The van der Waals surface area contributed by atoms with Crippen LogP contribution in [0.2, 0.25) is 0 Å². The van der Waals surface area contributed by atoms with Crippen molar-refractivity contribution in [3.05, 3.63) is 0 Å². The third-order valence-corrected chi connectivity index (χ3v) is 4.64. The first kappa shape index (κ1) is 17.7. The Morgan fingerprint density at radius 3 is 2.92 bits per heavy atom. The first-order valence-corrected chi connectivity index (χ1v) is 9.14. The molecule has 1 fully saturated rings. The van der Waals surface area contributed by atoms with E-state index in [1.54, 1.807) is 7.11 Å². The molecule has 0 radical (unpaired) electrons. The average Bonchev–Trinajstić information content (AvgIpc) is 2.99. The molecule has 138 valence electrons. The van der Waals surface area contributed by atoms with Gasteiger partial charge < -0.3 is 20.5 Å². The fraction of sp³-hybridized carbons (Fsp3) is 0.706. The number of hydrogen-bond acceptors (Lipinski definition) is 7. The second-order valence-electron chi connectivity index (χ2n) is 6.52. The lowest BCUT2D eigenvalue weighted by atomic mass is 9.96. The number of aryl methyl sites for hydroxylation is 1. The lowest BCUT2D eigenvalue weighted by Gasteiger charge is -2.22. The maximum absolute atomic E-state index is 6.06. The largest absolute Gasteiger partial charge is 0.468 e. The number of unbranched alkanes of at least 4 members (excludes halogenated alkanes) is 1. The topological polar surface area (TPSA) is 100 Å². The summed E-state index contributed by atoms with van der Waals surface area (Å²) in [6, 6.07) is 0.826. The van der Waals surface area contributed by atoms with Crippen molar-refractivity contribution in [2.24, 2.45) is 5.92 Å². The summed E-state index contributed by atoms with van der Waals surface area (Å²) in [5, 5.41) is 3.46. The molecule has 0 aliphatic carbocycles. The summed E-state index contributed by atoms with van der Waals surface area (Å²) in [7, 11) is 1.61. The van der Waals surface area contributed by atoms with Gasteiger partial charge in [0.15, 0.2) is 17.0 Å². The van der Waals surface area contributed by atoms with Gasteiger partial charge in [0.2, 0.25) is 0 Å². The first-order chi connectivity index (χ1) is 12.2. The summed E-state index contributed by atoms with van der Waals surface area (Å²) < 4.78 is 13.1. The Hall–Kier alpha value is -2.09. The van der Waals surface area contributed by atoms with Gasteiger partial charge in [0.1, 0.15) is 0 Å². The number of nitrogens with two attached hydrogens (primary N) is 1. The van der Waals surface area contributed by atoms with Crippen LogP contribution in [0.25, 0.3) is 11.2 Å². The number of nitrogen functional groups attached to an aromatic ring is 1. The Bertz CT molecular complexity index is 696. The molecule has 1 atom stereocenters. The van der Waals surface area contributed by atoms with E-state index in [1.165, 1.54) is 12.8 Å². The summed E-state index contributed by atoms with van der Waals surface area (Å²) in [5.41, 5.74) is 7.32. The highest BCUT2D eigenvalue weighted by Gasteiger charge is 2.20. The van der Waals surface area contributed by atoms with Crippen LogP contribution in [0.4, 0.5) is 5.82 Å². The lowest BCUT2D eigenvalue weighted by Crippen LogP contribution is -2.30. The molecule has 0 bridgehead atoms. The normalized spacial score (nSPS) is 17.8. The number of methoxy groups -OCH3 is 1. The zero-order valence-corrected chi connectivity index (χ0v) is 15.1. The molecule has 8 heteroatoms. The van der Waals surface area contributed by atoms with Crippen LogP contribution >= 0.6 is 0 Å². The number of anilines is 1. The number of piperidine rings is 1. The Morgan fingerprint density at radius 2 is 2.20 bits per heavy atom. The molecule has 1 unspecified atom stereocenters. The van der Waals surface area contributed by atoms with E-state index in [2.05, 4.69) is 27.2 Å². The van der Waals surface area contributed by atoms with Crippen LogP contribution in [-0.2, 0) is 6.54 Å². The zero-order valence-electron chi connectivity index (χ0n) is 15.1. The average molecular weight is 348 g/mol. The molecular weight excluding hydrogens is 320 g/mol. The van der Waals surface area contributed by atoms with Gasteiger partial charge in [0.25, 0.3) is 6.01 Å². The minimum absolute atomic E-state index is 0.307. The zero-order chi connectivity index (χ0) is 17.6. The van der Waals surface area contributed by atoms with Crippen LogP contribution in [0.5, 0.6) is 12.0 Å². The van der Waals surface area contributed by atoms with Crippen molar-refractivity contribution < 1.29 is 9.47 Å². The third kappa shape index (κ3) is 4.12. The fourth-order valence-electron chi connectivity index (χ4n) is 3.19. The molecule has 0 saturated carbocycles. The maximum Gasteiger partial charge on any atom is 0.320 e. The number of rotatable bonds is 8. The Morgan fingerprint density at radius 1 is 1.32 bits per heavy atom. The molecule has 1 saturated heterocycles. The molecule has 0 spiro atoms. The first-order valence-electron chi connectivity index (χ1n) is 9.14. The summed E-state index contributed by atoms with van der Waals surface area (Å²) in [6.45, 7) is 5.67. The van der Waals surface area contributed by atoms with Crippen molar-refractivity contribution in [1.82, 2.24) is 24.8 Å². The van der Waals surface area contributed by atoms with Gasteiger partial charge in [0, 0.05) is 6.54 Å². The van der Waals surface area contributed by atoms with E-state index < -0.39 is 0 Å². The molecule has 2 aromatic heterocycles. The van der Waals surface area contributed by atoms with Crippen molar-refractivity contribution in [2.75, 3.05) is 32.5 Å². The van der Waals surface area contributed by atoms with E-state index in [0.29, 0.717) is 41.5 Å². The highest BCUT2D eigenvalue weighted by Crippen LogP contribution is 2.27. The van der Waals surface area contributed by atoms with Crippen molar-refractivity contribution >= 4 is 17.0 Å².